The molecule has 7 nitrogen and oxygen atoms in total. The summed E-state index contributed by atoms with van der Waals surface area (Å²) in [5, 5.41) is 16.9. The highest BCUT2D eigenvalue weighted by Crippen LogP contribution is 2.34. The van der Waals surface area contributed by atoms with E-state index < -0.39 is 23.6 Å². The summed E-state index contributed by atoms with van der Waals surface area (Å²) in [4.78, 5) is 34.2. The lowest BCUT2D eigenvalue weighted by Crippen LogP contribution is -2.60. The number of carbonyl (C=O) groups excluding carboxylic acids is 2. The number of carbonyl (C=O) groups is 3. The summed E-state index contributed by atoms with van der Waals surface area (Å²) in [7, 11) is 0. The number of carboxylic acids is 1. The van der Waals surface area contributed by atoms with Gasteiger partial charge in [0.2, 0.25) is 5.91 Å². The van der Waals surface area contributed by atoms with Crippen LogP contribution in [0.5, 0.6) is 0 Å². The predicted octanol–water partition coefficient (Wildman–Crippen LogP) is -0.0384. The fourth-order valence-corrected chi connectivity index (χ4v) is 2.58. The van der Waals surface area contributed by atoms with Crippen LogP contribution in [0.3, 0.4) is 0 Å². The van der Waals surface area contributed by atoms with E-state index in [1.807, 2.05) is 0 Å². The molecule has 2 aliphatic rings. The first-order chi connectivity index (χ1) is 9.01. The molecule has 0 aromatic carbocycles. The van der Waals surface area contributed by atoms with Crippen LogP contribution in [0.15, 0.2) is 0 Å². The molecule has 7 heteroatoms. The lowest BCUT2D eigenvalue weighted by molar-refractivity contribution is -0.139. The number of aliphatic carboxylic acids is 1. The second kappa shape index (κ2) is 5.46. The molecule has 1 aliphatic heterocycles. The molecule has 0 aromatic rings. The molecule has 1 saturated heterocycles. The molecule has 1 unspecified atom stereocenters. The van der Waals surface area contributed by atoms with Gasteiger partial charge in [-0.25, -0.2) is 4.79 Å². The predicted molar refractivity (Wildman–Crippen MR) is 66.5 cm³/mol. The van der Waals surface area contributed by atoms with Crippen LogP contribution in [0.1, 0.15) is 38.5 Å². The van der Waals surface area contributed by atoms with Crippen molar-refractivity contribution in [3.63, 3.8) is 0 Å². The molecule has 3 amide bonds. The Morgan fingerprint density at radius 2 is 2.11 bits per heavy atom. The van der Waals surface area contributed by atoms with E-state index in [0.29, 0.717) is 25.8 Å². The van der Waals surface area contributed by atoms with Crippen molar-refractivity contribution < 1.29 is 19.5 Å². The van der Waals surface area contributed by atoms with Crippen LogP contribution < -0.4 is 16.0 Å². The van der Waals surface area contributed by atoms with Gasteiger partial charge in [-0.1, -0.05) is 0 Å². The average molecular weight is 269 g/mol. The molecule has 2 fully saturated rings. The normalized spacial score (nSPS) is 24.8. The molecule has 19 heavy (non-hydrogen) atoms. The Labute approximate surface area is 111 Å². The highest BCUT2D eigenvalue weighted by Gasteiger charge is 2.40. The lowest BCUT2D eigenvalue weighted by Gasteiger charge is -2.41. The largest absolute Gasteiger partial charge is 0.481 e. The van der Waals surface area contributed by atoms with E-state index in [-0.39, 0.29) is 12.3 Å². The molecular formula is C12H19N3O4. The van der Waals surface area contributed by atoms with E-state index in [0.717, 1.165) is 12.8 Å². The third-order valence-electron chi connectivity index (χ3n) is 3.77. The maximum absolute atomic E-state index is 11.9. The van der Waals surface area contributed by atoms with E-state index in [4.69, 9.17) is 5.11 Å². The highest BCUT2D eigenvalue weighted by molar-refractivity contribution is 5.88. The molecular weight excluding hydrogens is 250 g/mol. The molecule has 1 heterocycles. The standard InChI is InChI=1S/C12H19N3O4/c16-9(17)7-12(4-2-5-12)15-11(19)14-8-3-1-6-13-10(8)18/h8H,1-7H2,(H,13,18)(H,16,17)(H2,14,15,19). The minimum absolute atomic E-state index is 0.0721. The van der Waals surface area contributed by atoms with Gasteiger partial charge in [0.1, 0.15) is 6.04 Å². The van der Waals surface area contributed by atoms with Crippen molar-refractivity contribution in [1.29, 1.82) is 0 Å². The van der Waals surface area contributed by atoms with E-state index in [1.54, 1.807) is 0 Å². The molecule has 0 spiro atoms. The Kier molecular flexibility index (Phi) is 3.92. The number of piperidine rings is 1. The minimum Gasteiger partial charge on any atom is -0.481 e. The number of carboxylic acid groups (broad SMARTS) is 1. The van der Waals surface area contributed by atoms with Gasteiger partial charge in [0.25, 0.3) is 0 Å². The number of hydrogen-bond donors (Lipinski definition) is 4. The molecule has 0 radical (unpaired) electrons. The van der Waals surface area contributed by atoms with Crippen molar-refractivity contribution in [1.82, 2.24) is 16.0 Å². The Morgan fingerprint density at radius 3 is 2.63 bits per heavy atom. The number of urea groups is 1. The highest BCUT2D eigenvalue weighted by atomic mass is 16.4. The Hall–Kier alpha value is -1.79. The Bertz CT molecular complexity index is 392. The molecule has 4 N–H and O–H groups in total. The smallest absolute Gasteiger partial charge is 0.315 e. The van der Waals surface area contributed by atoms with Crippen molar-refractivity contribution in [2.24, 2.45) is 0 Å². The van der Waals surface area contributed by atoms with Crippen LogP contribution in [-0.4, -0.2) is 41.1 Å². The molecule has 106 valence electrons. The van der Waals surface area contributed by atoms with Crippen LogP contribution in [0.4, 0.5) is 4.79 Å². The summed E-state index contributed by atoms with van der Waals surface area (Å²) >= 11 is 0. The van der Waals surface area contributed by atoms with E-state index in [2.05, 4.69) is 16.0 Å². The minimum atomic E-state index is -0.921. The van der Waals surface area contributed by atoms with Crippen LogP contribution in [0.2, 0.25) is 0 Å². The Morgan fingerprint density at radius 1 is 1.37 bits per heavy atom. The summed E-state index contributed by atoms with van der Waals surface area (Å²) in [6.07, 6.45) is 3.63. The zero-order valence-electron chi connectivity index (χ0n) is 10.7. The summed E-state index contributed by atoms with van der Waals surface area (Å²) in [5.41, 5.74) is -0.638. The van der Waals surface area contributed by atoms with Crippen molar-refractivity contribution in [2.45, 2.75) is 50.1 Å². The van der Waals surface area contributed by atoms with Crippen molar-refractivity contribution in [3.8, 4) is 0 Å². The Balaban J connectivity index is 1.86. The van der Waals surface area contributed by atoms with Gasteiger partial charge in [-0.15, -0.1) is 0 Å². The molecule has 0 aromatic heterocycles. The molecule has 1 aliphatic carbocycles. The summed E-state index contributed by atoms with van der Waals surface area (Å²) in [5.74, 6) is -1.10. The quantitative estimate of drug-likeness (QED) is 0.574. The van der Waals surface area contributed by atoms with E-state index in [9.17, 15) is 14.4 Å². The maximum Gasteiger partial charge on any atom is 0.315 e. The zero-order chi connectivity index (χ0) is 13.9. The van der Waals surface area contributed by atoms with Gasteiger partial charge >= 0.3 is 12.0 Å². The van der Waals surface area contributed by atoms with Crippen molar-refractivity contribution >= 4 is 17.9 Å². The molecule has 1 atom stereocenters. The number of hydrogen-bond acceptors (Lipinski definition) is 3. The first-order valence-electron chi connectivity index (χ1n) is 6.59. The van der Waals surface area contributed by atoms with Gasteiger partial charge in [-0.3, -0.25) is 9.59 Å². The maximum atomic E-state index is 11.9. The van der Waals surface area contributed by atoms with Crippen LogP contribution in [-0.2, 0) is 9.59 Å². The van der Waals surface area contributed by atoms with Gasteiger partial charge in [0.15, 0.2) is 0 Å². The van der Waals surface area contributed by atoms with E-state index >= 15 is 0 Å². The average Bonchev–Trinajstić information content (AvgIpc) is 2.28. The van der Waals surface area contributed by atoms with Gasteiger partial charge in [-0.2, -0.15) is 0 Å². The van der Waals surface area contributed by atoms with Crippen molar-refractivity contribution in [2.75, 3.05) is 6.54 Å². The SMILES string of the molecule is O=C(O)CC1(NC(=O)NC2CCCNC2=O)CCC1. The van der Waals surface area contributed by atoms with Crippen LogP contribution >= 0.6 is 0 Å². The first-order valence-corrected chi connectivity index (χ1v) is 6.59. The zero-order valence-corrected chi connectivity index (χ0v) is 10.7. The molecule has 2 rings (SSSR count). The molecule has 0 bridgehead atoms. The fourth-order valence-electron chi connectivity index (χ4n) is 2.58. The molecule has 1 saturated carbocycles. The van der Waals surface area contributed by atoms with Crippen molar-refractivity contribution in [3.05, 3.63) is 0 Å². The topological polar surface area (TPSA) is 108 Å². The fraction of sp³-hybridized carbons (Fsp3) is 0.750. The second-order valence-corrected chi connectivity index (χ2v) is 5.29. The summed E-state index contributed by atoms with van der Waals surface area (Å²) < 4.78 is 0. The number of amides is 3. The third-order valence-corrected chi connectivity index (χ3v) is 3.77. The summed E-state index contributed by atoms with van der Waals surface area (Å²) in [6.45, 7) is 0.640. The first kappa shape index (κ1) is 13.6. The number of nitrogens with one attached hydrogen (secondary N) is 3. The van der Waals surface area contributed by atoms with Gasteiger partial charge in [0.05, 0.1) is 12.0 Å². The second-order valence-electron chi connectivity index (χ2n) is 5.29. The van der Waals surface area contributed by atoms with E-state index in [1.165, 1.54) is 0 Å². The lowest BCUT2D eigenvalue weighted by atomic mass is 9.74. The van der Waals surface area contributed by atoms with Crippen LogP contribution in [0.25, 0.3) is 0 Å². The monoisotopic (exact) mass is 269 g/mol. The van der Waals surface area contributed by atoms with Gasteiger partial charge in [0, 0.05) is 6.54 Å². The van der Waals surface area contributed by atoms with Gasteiger partial charge in [-0.05, 0) is 32.1 Å². The van der Waals surface area contributed by atoms with Crippen LogP contribution in [0, 0.1) is 0 Å². The summed E-state index contributed by atoms with van der Waals surface area (Å²) in [6, 6.07) is -0.973. The van der Waals surface area contributed by atoms with Gasteiger partial charge < -0.3 is 21.1 Å². The number of rotatable bonds is 4. The third kappa shape index (κ3) is 3.36.